The van der Waals surface area contributed by atoms with Crippen LogP contribution in [0, 0.1) is 0 Å². The number of carbonyl (C=O) groups is 1. The van der Waals surface area contributed by atoms with Crippen LogP contribution in [0.4, 0.5) is 4.79 Å². The number of rotatable bonds is 0. The Hall–Kier alpha value is 1.14. The summed E-state index contributed by atoms with van der Waals surface area (Å²) in [5, 5.41) is 16.7. The van der Waals surface area contributed by atoms with Crippen molar-refractivity contribution in [1.29, 1.82) is 0 Å². The summed E-state index contributed by atoms with van der Waals surface area (Å²) in [6, 6.07) is 0. The first-order chi connectivity index (χ1) is 1.73. The van der Waals surface area contributed by atoms with E-state index in [2.05, 4.69) is 0 Å². The smallest absolute Gasteiger partial charge is 0.652 e. The molecule has 0 fully saturated rings. The molecule has 0 aromatic rings. The molecule has 5 heteroatoms. The standard InChI is InChI=1S/CH2O3.Hf.Na/c2-1(3)4;;/h(H2,2,3,4);;/q;+4;+1/p-2. The van der Waals surface area contributed by atoms with E-state index in [4.69, 9.17) is 15.0 Å². The Morgan fingerprint density at radius 3 is 1.33 bits per heavy atom. The van der Waals surface area contributed by atoms with Crippen molar-refractivity contribution in [2.24, 2.45) is 0 Å². The minimum Gasteiger partial charge on any atom is -0.652 e. The van der Waals surface area contributed by atoms with Gasteiger partial charge in [-0.25, -0.2) is 0 Å². The molecule has 0 spiro atoms. The summed E-state index contributed by atoms with van der Waals surface area (Å²) in [5.74, 6) is 0. The molecule has 0 aliphatic rings. The molecule has 0 rings (SSSR count). The zero-order chi connectivity index (χ0) is 3.58. The zero-order valence-electron chi connectivity index (χ0n) is 3.22. The van der Waals surface area contributed by atoms with Crippen LogP contribution in [0.25, 0.3) is 0 Å². The average Bonchev–Trinajstić information content (AvgIpc) is 0.811. The summed E-state index contributed by atoms with van der Waals surface area (Å²) in [5.41, 5.74) is 0. The van der Waals surface area contributed by atoms with Crippen LogP contribution in [0.2, 0.25) is 0 Å². The first-order valence-corrected chi connectivity index (χ1v) is 0.612. The SMILES string of the molecule is O=C([O-])[O-].[Hf+4].[Na+]. The predicted octanol–water partition coefficient (Wildman–Crippen LogP) is -5.45. The van der Waals surface area contributed by atoms with Gasteiger partial charge in [0, 0.05) is 0 Å². The van der Waals surface area contributed by atoms with Crippen LogP contribution in [-0.4, -0.2) is 6.16 Å². The Balaban J connectivity index is -0.0000000450. The van der Waals surface area contributed by atoms with E-state index in [-0.39, 0.29) is 55.4 Å². The van der Waals surface area contributed by atoms with Crippen LogP contribution in [0.1, 0.15) is 0 Å². The Morgan fingerprint density at radius 2 is 1.33 bits per heavy atom. The van der Waals surface area contributed by atoms with Gasteiger partial charge in [0.2, 0.25) is 0 Å². The molecule has 0 radical (unpaired) electrons. The minimum absolute atomic E-state index is 0. The Bertz CT molecular complexity index is 33.8. The summed E-state index contributed by atoms with van der Waals surface area (Å²) >= 11 is 0. The average molecular weight is 261 g/mol. The molecule has 0 saturated carbocycles. The van der Waals surface area contributed by atoms with Gasteiger partial charge in [0.05, 0.1) is 0 Å². The van der Waals surface area contributed by atoms with Gasteiger partial charge in [-0.15, -0.1) is 0 Å². The number of carbonyl (C=O) groups excluding carboxylic acids is 1. The fourth-order valence-corrected chi connectivity index (χ4v) is 0. The molecule has 0 aliphatic carbocycles. The molecule has 6 heavy (non-hydrogen) atoms. The van der Waals surface area contributed by atoms with Gasteiger partial charge in [-0.1, -0.05) is 0 Å². The van der Waals surface area contributed by atoms with Crippen LogP contribution in [0.15, 0.2) is 0 Å². The zero-order valence-corrected chi connectivity index (χ0v) is 8.82. The van der Waals surface area contributed by atoms with Gasteiger partial charge in [-0.2, -0.15) is 0 Å². The number of hydrogen-bond donors (Lipinski definition) is 0. The van der Waals surface area contributed by atoms with Crippen LogP contribution >= 0.6 is 0 Å². The molecule has 0 heterocycles. The molecular weight excluding hydrogens is 261 g/mol. The van der Waals surface area contributed by atoms with E-state index < -0.39 is 6.16 Å². The third-order valence-corrected chi connectivity index (χ3v) is 0. The maximum absolute atomic E-state index is 8.33. The molecule has 0 saturated heterocycles. The quantitative estimate of drug-likeness (QED) is 0.409. The van der Waals surface area contributed by atoms with Crippen LogP contribution in [-0.2, 0) is 25.8 Å². The molecule has 0 amide bonds. The minimum atomic E-state index is -2.33. The number of hydrogen-bond acceptors (Lipinski definition) is 3. The van der Waals surface area contributed by atoms with Gasteiger partial charge in [-0.05, 0) is 6.16 Å². The van der Waals surface area contributed by atoms with Crippen molar-refractivity contribution >= 4 is 6.16 Å². The van der Waals surface area contributed by atoms with Gasteiger partial charge >= 0.3 is 55.4 Å². The molecule has 0 atom stereocenters. The predicted molar refractivity (Wildman–Crippen MR) is 5.40 cm³/mol. The van der Waals surface area contributed by atoms with E-state index in [0.717, 1.165) is 0 Å². The molecular formula is CHfNaO3+3. The molecule has 0 aromatic carbocycles. The van der Waals surface area contributed by atoms with Crippen LogP contribution in [0.5, 0.6) is 0 Å². The summed E-state index contributed by atoms with van der Waals surface area (Å²) < 4.78 is 0. The van der Waals surface area contributed by atoms with E-state index in [0.29, 0.717) is 0 Å². The van der Waals surface area contributed by atoms with Crippen molar-refractivity contribution < 1.29 is 70.4 Å². The van der Waals surface area contributed by atoms with Crippen molar-refractivity contribution in [2.45, 2.75) is 0 Å². The second kappa shape index (κ2) is 9.46. The van der Waals surface area contributed by atoms with E-state index in [1.807, 2.05) is 0 Å². The Labute approximate surface area is 75.8 Å². The number of carboxylic acid groups (broad SMARTS) is 2. The van der Waals surface area contributed by atoms with Gasteiger partial charge in [0.1, 0.15) is 0 Å². The molecule has 0 N–H and O–H groups in total. The monoisotopic (exact) mass is 263 g/mol. The maximum atomic E-state index is 8.33. The first-order valence-electron chi connectivity index (χ1n) is 0.612. The fourth-order valence-electron chi connectivity index (χ4n) is 0. The van der Waals surface area contributed by atoms with Gasteiger partial charge < -0.3 is 15.0 Å². The summed E-state index contributed by atoms with van der Waals surface area (Å²) in [6.07, 6.45) is -2.33. The van der Waals surface area contributed by atoms with Gasteiger partial charge in [0.25, 0.3) is 0 Å². The molecule has 0 aliphatic heterocycles. The largest absolute Gasteiger partial charge is 4.00 e. The fraction of sp³-hybridized carbons (Fsp3) is 0. The van der Waals surface area contributed by atoms with Crippen LogP contribution < -0.4 is 39.8 Å². The van der Waals surface area contributed by atoms with Crippen molar-refractivity contribution in [2.75, 3.05) is 0 Å². The molecule has 0 unspecified atom stereocenters. The maximum Gasteiger partial charge on any atom is 4.00 e. The van der Waals surface area contributed by atoms with E-state index in [1.165, 1.54) is 0 Å². The second-order valence-electron chi connectivity index (χ2n) is 0.250. The van der Waals surface area contributed by atoms with Gasteiger partial charge in [-0.3, -0.25) is 0 Å². The van der Waals surface area contributed by atoms with Crippen molar-refractivity contribution in [3.63, 3.8) is 0 Å². The summed E-state index contributed by atoms with van der Waals surface area (Å²) in [6.45, 7) is 0. The van der Waals surface area contributed by atoms with E-state index in [1.54, 1.807) is 0 Å². The topological polar surface area (TPSA) is 63.2 Å². The molecule has 0 bridgehead atoms. The van der Waals surface area contributed by atoms with Gasteiger partial charge in [0.15, 0.2) is 0 Å². The summed E-state index contributed by atoms with van der Waals surface area (Å²) in [4.78, 5) is 8.33. The molecule has 24 valence electrons. The van der Waals surface area contributed by atoms with Crippen molar-refractivity contribution in [3.05, 3.63) is 0 Å². The van der Waals surface area contributed by atoms with Crippen LogP contribution in [0.3, 0.4) is 0 Å². The van der Waals surface area contributed by atoms with E-state index >= 15 is 0 Å². The second-order valence-corrected chi connectivity index (χ2v) is 0.250. The molecule has 3 nitrogen and oxygen atoms in total. The Morgan fingerprint density at radius 1 is 1.33 bits per heavy atom. The van der Waals surface area contributed by atoms with Crippen molar-refractivity contribution in [3.8, 4) is 0 Å². The summed E-state index contributed by atoms with van der Waals surface area (Å²) in [7, 11) is 0. The molecule has 0 aromatic heterocycles. The normalized spacial score (nSPS) is 4.00. The Kier molecular flexibility index (Phi) is 24.8. The third-order valence-electron chi connectivity index (χ3n) is 0. The third kappa shape index (κ3) is 67.8. The van der Waals surface area contributed by atoms with E-state index in [9.17, 15) is 0 Å². The van der Waals surface area contributed by atoms with Crippen molar-refractivity contribution in [1.82, 2.24) is 0 Å². The first kappa shape index (κ1) is 15.7.